The molecule has 0 aliphatic carbocycles. The van der Waals surface area contributed by atoms with Crippen LogP contribution in [0, 0.1) is 0 Å². The summed E-state index contributed by atoms with van der Waals surface area (Å²) in [7, 11) is 0. The second-order valence-corrected chi connectivity index (χ2v) is 2.33. The van der Waals surface area contributed by atoms with Crippen molar-refractivity contribution in [2.45, 2.75) is 0 Å². The van der Waals surface area contributed by atoms with Crippen molar-refractivity contribution in [3.05, 3.63) is 30.3 Å². The first-order valence-corrected chi connectivity index (χ1v) is 3.64. The van der Waals surface area contributed by atoms with Crippen LogP contribution in [-0.2, 0) is 0 Å². The van der Waals surface area contributed by atoms with Crippen LogP contribution < -0.4 is 16.8 Å². The van der Waals surface area contributed by atoms with Gasteiger partial charge in [-0.3, -0.25) is 0 Å². The van der Waals surface area contributed by atoms with Crippen molar-refractivity contribution in [2.75, 3.05) is 5.32 Å². The van der Waals surface area contributed by atoms with Crippen molar-refractivity contribution < 1.29 is 4.79 Å². The second kappa shape index (κ2) is 5.82. The third-order valence-corrected chi connectivity index (χ3v) is 1.26. The molecule has 14 heavy (non-hydrogen) atoms. The van der Waals surface area contributed by atoms with Crippen molar-refractivity contribution >= 4 is 30.1 Å². The SMILES string of the molecule is Cl.NC(N)=NC(=O)Nc1ccccc1. The Labute approximate surface area is 87.6 Å². The van der Waals surface area contributed by atoms with Gasteiger partial charge >= 0.3 is 6.03 Å². The van der Waals surface area contributed by atoms with Crippen LogP contribution in [0.2, 0.25) is 0 Å². The summed E-state index contributed by atoms with van der Waals surface area (Å²) in [5.41, 5.74) is 10.7. The Kier molecular flexibility index (Phi) is 5.09. The highest BCUT2D eigenvalue weighted by atomic mass is 35.5. The molecule has 0 aromatic heterocycles. The highest BCUT2D eigenvalue weighted by molar-refractivity contribution is 5.97. The lowest BCUT2D eigenvalue weighted by Gasteiger charge is -1.99. The summed E-state index contributed by atoms with van der Waals surface area (Å²) in [6.07, 6.45) is 0. The number of carbonyl (C=O) groups excluding carboxylic acids is 1. The van der Waals surface area contributed by atoms with Gasteiger partial charge in [0.1, 0.15) is 0 Å². The summed E-state index contributed by atoms with van der Waals surface area (Å²) in [6, 6.07) is 8.33. The zero-order valence-corrected chi connectivity index (χ0v) is 8.12. The van der Waals surface area contributed by atoms with Gasteiger partial charge in [0.05, 0.1) is 0 Å². The Morgan fingerprint density at radius 3 is 2.29 bits per heavy atom. The molecule has 0 saturated heterocycles. The van der Waals surface area contributed by atoms with Gasteiger partial charge in [0.2, 0.25) is 0 Å². The summed E-state index contributed by atoms with van der Waals surface area (Å²) in [5, 5.41) is 2.49. The lowest BCUT2D eigenvalue weighted by atomic mass is 10.3. The monoisotopic (exact) mass is 214 g/mol. The van der Waals surface area contributed by atoms with Gasteiger partial charge < -0.3 is 16.8 Å². The van der Waals surface area contributed by atoms with E-state index in [0.29, 0.717) is 5.69 Å². The van der Waals surface area contributed by atoms with E-state index in [9.17, 15) is 4.79 Å². The summed E-state index contributed by atoms with van der Waals surface area (Å²) in [5.74, 6) is -0.256. The van der Waals surface area contributed by atoms with Gasteiger partial charge in [0, 0.05) is 5.69 Å². The number of hydrogen-bond acceptors (Lipinski definition) is 1. The van der Waals surface area contributed by atoms with Crippen molar-refractivity contribution in [1.82, 2.24) is 0 Å². The molecule has 0 radical (unpaired) electrons. The third kappa shape index (κ3) is 4.32. The fourth-order valence-electron chi connectivity index (χ4n) is 0.790. The van der Waals surface area contributed by atoms with E-state index in [1.807, 2.05) is 6.07 Å². The highest BCUT2D eigenvalue weighted by Gasteiger charge is 1.97. The van der Waals surface area contributed by atoms with Crippen molar-refractivity contribution in [1.29, 1.82) is 0 Å². The Bertz CT molecular complexity index is 321. The number of nitrogens with one attached hydrogen (secondary N) is 1. The molecular formula is C8H11ClN4O. The molecule has 1 aromatic carbocycles. The molecule has 0 aliphatic heterocycles. The van der Waals surface area contributed by atoms with Crippen molar-refractivity contribution in [2.24, 2.45) is 16.5 Å². The number of hydrogen-bond donors (Lipinski definition) is 3. The molecule has 0 fully saturated rings. The molecule has 5 N–H and O–H groups in total. The maximum absolute atomic E-state index is 11.0. The Morgan fingerprint density at radius 1 is 1.21 bits per heavy atom. The second-order valence-electron chi connectivity index (χ2n) is 2.33. The van der Waals surface area contributed by atoms with E-state index < -0.39 is 6.03 Å². The van der Waals surface area contributed by atoms with Crippen LogP contribution >= 0.6 is 12.4 Å². The van der Waals surface area contributed by atoms with E-state index >= 15 is 0 Å². The van der Waals surface area contributed by atoms with Crippen LogP contribution in [0.25, 0.3) is 0 Å². The number of nitrogens with two attached hydrogens (primary N) is 2. The summed E-state index contributed by atoms with van der Waals surface area (Å²) >= 11 is 0. The molecule has 76 valence electrons. The summed E-state index contributed by atoms with van der Waals surface area (Å²) in [4.78, 5) is 14.3. The average molecular weight is 215 g/mol. The highest BCUT2D eigenvalue weighted by Crippen LogP contribution is 2.04. The van der Waals surface area contributed by atoms with Crippen LogP contribution in [0.4, 0.5) is 10.5 Å². The van der Waals surface area contributed by atoms with Gasteiger partial charge in [0.25, 0.3) is 0 Å². The molecule has 0 spiro atoms. The third-order valence-electron chi connectivity index (χ3n) is 1.26. The maximum atomic E-state index is 11.0. The Morgan fingerprint density at radius 2 is 1.79 bits per heavy atom. The van der Waals surface area contributed by atoms with Crippen LogP contribution in [0.15, 0.2) is 35.3 Å². The average Bonchev–Trinajstić information content (AvgIpc) is 2.04. The van der Waals surface area contributed by atoms with E-state index in [1.54, 1.807) is 24.3 Å². The quantitative estimate of drug-likeness (QED) is 0.479. The van der Waals surface area contributed by atoms with Crippen molar-refractivity contribution in [3.8, 4) is 0 Å². The van der Waals surface area contributed by atoms with Crippen molar-refractivity contribution in [3.63, 3.8) is 0 Å². The molecule has 0 bridgehead atoms. The summed E-state index contributed by atoms with van der Waals surface area (Å²) < 4.78 is 0. The van der Waals surface area contributed by atoms with E-state index in [4.69, 9.17) is 11.5 Å². The van der Waals surface area contributed by atoms with E-state index in [-0.39, 0.29) is 18.4 Å². The van der Waals surface area contributed by atoms with Crippen LogP contribution in [0.1, 0.15) is 0 Å². The zero-order valence-electron chi connectivity index (χ0n) is 7.31. The standard InChI is InChI=1S/C8H10N4O.ClH/c9-7(10)12-8(13)11-6-4-2-1-3-5-6;/h1-5H,(H5,9,10,11,12,13);1H. The smallest absolute Gasteiger partial charge is 0.348 e. The van der Waals surface area contributed by atoms with Gasteiger partial charge in [-0.05, 0) is 12.1 Å². The Hall–Kier alpha value is -1.75. The first-order valence-electron chi connectivity index (χ1n) is 3.64. The van der Waals surface area contributed by atoms with Crippen LogP contribution in [0.5, 0.6) is 0 Å². The summed E-state index contributed by atoms with van der Waals surface area (Å²) in [6.45, 7) is 0. The minimum Gasteiger partial charge on any atom is -0.370 e. The zero-order chi connectivity index (χ0) is 9.68. The molecule has 0 heterocycles. The lowest BCUT2D eigenvalue weighted by molar-refractivity contribution is 0.259. The predicted molar refractivity (Wildman–Crippen MR) is 58.5 cm³/mol. The number of nitrogens with zero attached hydrogens (tertiary/aromatic N) is 1. The normalized spacial score (nSPS) is 8.29. The van der Waals surface area contributed by atoms with Gasteiger partial charge in [-0.15, -0.1) is 12.4 Å². The van der Waals surface area contributed by atoms with Gasteiger partial charge in [-0.1, -0.05) is 18.2 Å². The Balaban J connectivity index is 0.00000169. The van der Waals surface area contributed by atoms with E-state index in [1.165, 1.54) is 0 Å². The van der Waals surface area contributed by atoms with E-state index in [0.717, 1.165) is 0 Å². The number of halogens is 1. The van der Waals surface area contributed by atoms with E-state index in [2.05, 4.69) is 10.3 Å². The molecule has 1 aromatic rings. The predicted octanol–water partition coefficient (Wildman–Crippen LogP) is 0.914. The topological polar surface area (TPSA) is 93.5 Å². The number of benzene rings is 1. The molecule has 5 nitrogen and oxygen atoms in total. The molecule has 2 amide bonds. The number of carbonyl (C=O) groups is 1. The fourth-order valence-corrected chi connectivity index (χ4v) is 0.790. The molecule has 0 unspecified atom stereocenters. The largest absolute Gasteiger partial charge is 0.370 e. The van der Waals surface area contributed by atoms with Gasteiger partial charge in [-0.2, -0.15) is 4.99 Å². The van der Waals surface area contributed by atoms with Crippen LogP contribution in [0.3, 0.4) is 0 Å². The lowest BCUT2D eigenvalue weighted by Crippen LogP contribution is -2.25. The number of rotatable bonds is 1. The maximum Gasteiger partial charge on any atom is 0.348 e. The van der Waals surface area contributed by atoms with Gasteiger partial charge in [0.15, 0.2) is 5.96 Å². The minimum atomic E-state index is -0.578. The number of anilines is 1. The number of para-hydroxylation sites is 1. The molecule has 0 saturated carbocycles. The molecule has 0 atom stereocenters. The first-order chi connectivity index (χ1) is 6.18. The first kappa shape index (κ1) is 12.2. The number of aliphatic imine (C=N–C) groups is 1. The van der Waals surface area contributed by atoms with Crippen LogP contribution in [-0.4, -0.2) is 12.0 Å². The number of amides is 2. The molecule has 6 heteroatoms. The number of guanidine groups is 1. The van der Waals surface area contributed by atoms with Gasteiger partial charge in [-0.25, -0.2) is 4.79 Å². The molecule has 0 aliphatic rings. The minimum absolute atomic E-state index is 0. The molecular weight excluding hydrogens is 204 g/mol. The number of urea groups is 1. The molecule has 1 rings (SSSR count). The fraction of sp³-hybridized carbons (Fsp3) is 0.